The smallest absolute Gasteiger partial charge is 0.166 e. The van der Waals surface area contributed by atoms with Crippen molar-refractivity contribution in [1.29, 1.82) is 0 Å². The zero-order chi connectivity index (χ0) is 13.5. The first-order valence-electron chi connectivity index (χ1n) is 7.38. The summed E-state index contributed by atoms with van der Waals surface area (Å²) < 4.78 is 5.61. The maximum absolute atomic E-state index is 12.7. The lowest BCUT2D eigenvalue weighted by Crippen LogP contribution is -2.26. The molecule has 1 atom stereocenters. The lowest BCUT2D eigenvalue weighted by atomic mass is 9.77. The van der Waals surface area contributed by atoms with Gasteiger partial charge in [-0.25, -0.2) is 0 Å². The molecule has 1 aliphatic carbocycles. The van der Waals surface area contributed by atoms with E-state index >= 15 is 0 Å². The number of ether oxygens (including phenoxy) is 1. The quantitative estimate of drug-likeness (QED) is 0.749. The van der Waals surface area contributed by atoms with Crippen LogP contribution in [0.5, 0.6) is 5.75 Å². The molecular formula is C17H22O2. The molecule has 0 amide bonds. The standard InChI is InChI=1S/C17H22O2/c1-17(2)9-3-6-14(17)16(18)13-7-8-15-12(11-13)5-4-10-19-15/h7-8,11,14H,3-6,9-10H2,1-2H3. The van der Waals surface area contributed by atoms with Gasteiger partial charge < -0.3 is 4.74 Å². The third kappa shape index (κ3) is 2.29. The van der Waals surface area contributed by atoms with Gasteiger partial charge in [-0.15, -0.1) is 0 Å². The minimum absolute atomic E-state index is 0.156. The van der Waals surface area contributed by atoms with Crippen LogP contribution in [-0.2, 0) is 6.42 Å². The lowest BCUT2D eigenvalue weighted by Gasteiger charge is -2.26. The Hall–Kier alpha value is -1.31. The van der Waals surface area contributed by atoms with Crippen LogP contribution in [0.15, 0.2) is 18.2 Å². The fraction of sp³-hybridized carbons (Fsp3) is 0.588. The van der Waals surface area contributed by atoms with E-state index in [0.717, 1.165) is 43.6 Å². The minimum atomic E-state index is 0.156. The van der Waals surface area contributed by atoms with Crippen LogP contribution in [0.1, 0.15) is 55.5 Å². The maximum atomic E-state index is 12.7. The number of carbonyl (C=O) groups excluding carboxylic acids is 1. The molecule has 1 fully saturated rings. The molecule has 0 spiro atoms. The molecule has 0 saturated heterocycles. The Morgan fingerprint density at radius 2 is 2.16 bits per heavy atom. The Kier molecular flexibility index (Phi) is 3.12. The number of hydrogen-bond donors (Lipinski definition) is 0. The van der Waals surface area contributed by atoms with E-state index in [1.165, 1.54) is 12.0 Å². The molecule has 2 heteroatoms. The van der Waals surface area contributed by atoms with Crippen LogP contribution >= 0.6 is 0 Å². The molecule has 1 saturated carbocycles. The molecule has 3 rings (SSSR count). The average Bonchev–Trinajstić information content (AvgIpc) is 2.77. The molecular weight excluding hydrogens is 236 g/mol. The van der Waals surface area contributed by atoms with E-state index in [-0.39, 0.29) is 11.3 Å². The van der Waals surface area contributed by atoms with E-state index in [4.69, 9.17) is 4.74 Å². The zero-order valence-electron chi connectivity index (χ0n) is 11.9. The summed E-state index contributed by atoms with van der Waals surface area (Å²) in [5, 5.41) is 0. The SMILES string of the molecule is CC1(C)CCCC1C(=O)c1ccc2c(c1)CCCO2. The molecule has 0 radical (unpaired) electrons. The number of benzene rings is 1. The van der Waals surface area contributed by atoms with Crippen molar-refractivity contribution in [2.75, 3.05) is 6.61 Å². The van der Waals surface area contributed by atoms with Crippen molar-refractivity contribution in [3.63, 3.8) is 0 Å². The van der Waals surface area contributed by atoms with Gasteiger partial charge in [-0.05, 0) is 54.9 Å². The summed E-state index contributed by atoms with van der Waals surface area (Å²) in [4.78, 5) is 12.7. The molecule has 1 unspecified atom stereocenters. The van der Waals surface area contributed by atoms with Crippen molar-refractivity contribution in [2.45, 2.75) is 46.0 Å². The third-order valence-electron chi connectivity index (χ3n) is 4.77. The molecule has 2 nitrogen and oxygen atoms in total. The summed E-state index contributed by atoms with van der Waals surface area (Å²) in [5.41, 5.74) is 2.24. The van der Waals surface area contributed by atoms with Crippen LogP contribution in [0.3, 0.4) is 0 Å². The number of carbonyl (C=O) groups is 1. The van der Waals surface area contributed by atoms with E-state index in [0.29, 0.717) is 5.78 Å². The number of Topliss-reactive ketones (excluding diaryl/α,β-unsaturated/α-hetero) is 1. The molecule has 0 N–H and O–H groups in total. The largest absolute Gasteiger partial charge is 0.493 e. The highest BCUT2D eigenvalue weighted by Crippen LogP contribution is 2.44. The van der Waals surface area contributed by atoms with Crippen LogP contribution in [0.25, 0.3) is 0 Å². The first kappa shape index (κ1) is 12.7. The molecule has 102 valence electrons. The van der Waals surface area contributed by atoms with Gasteiger partial charge >= 0.3 is 0 Å². The van der Waals surface area contributed by atoms with Gasteiger partial charge in [0.25, 0.3) is 0 Å². The molecule has 0 aromatic heterocycles. The molecule has 1 aliphatic heterocycles. The molecule has 1 aromatic carbocycles. The summed E-state index contributed by atoms with van der Waals surface area (Å²) in [6.07, 6.45) is 5.47. The summed E-state index contributed by atoms with van der Waals surface area (Å²) in [6, 6.07) is 5.98. The van der Waals surface area contributed by atoms with Crippen LogP contribution in [0, 0.1) is 11.3 Å². The summed E-state index contributed by atoms with van der Waals surface area (Å²) in [6.45, 7) is 5.25. The summed E-state index contributed by atoms with van der Waals surface area (Å²) in [5.74, 6) is 1.49. The van der Waals surface area contributed by atoms with Crippen LogP contribution in [0.4, 0.5) is 0 Å². The Labute approximate surface area is 115 Å². The topological polar surface area (TPSA) is 26.3 Å². The number of fused-ring (bicyclic) bond motifs is 1. The molecule has 1 heterocycles. The van der Waals surface area contributed by atoms with Crippen molar-refractivity contribution in [3.05, 3.63) is 29.3 Å². The first-order chi connectivity index (χ1) is 9.08. The van der Waals surface area contributed by atoms with Gasteiger partial charge in [0.05, 0.1) is 6.61 Å². The van der Waals surface area contributed by atoms with Crippen molar-refractivity contribution >= 4 is 5.78 Å². The highest BCUT2D eigenvalue weighted by Gasteiger charge is 2.39. The number of ketones is 1. The van der Waals surface area contributed by atoms with Gasteiger partial charge in [-0.3, -0.25) is 4.79 Å². The first-order valence-corrected chi connectivity index (χ1v) is 7.38. The Morgan fingerprint density at radius 3 is 2.89 bits per heavy atom. The predicted octanol–water partition coefficient (Wildman–Crippen LogP) is 4.02. The minimum Gasteiger partial charge on any atom is -0.493 e. The number of rotatable bonds is 2. The Morgan fingerprint density at radius 1 is 1.32 bits per heavy atom. The lowest BCUT2D eigenvalue weighted by molar-refractivity contribution is 0.0839. The molecule has 2 aliphatic rings. The second-order valence-corrected chi connectivity index (χ2v) is 6.57. The van der Waals surface area contributed by atoms with Gasteiger partial charge in [0.15, 0.2) is 5.78 Å². The Bertz CT molecular complexity index is 502. The van der Waals surface area contributed by atoms with Crippen LogP contribution in [-0.4, -0.2) is 12.4 Å². The monoisotopic (exact) mass is 258 g/mol. The molecule has 0 bridgehead atoms. The predicted molar refractivity (Wildman–Crippen MR) is 75.7 cm³/mol. The van der Waals surface area contributed by atoms with Gasteiger partial charge in [-0.2, -0.15) is 0 Å². The highest BCUT2D eigenvalue weighted by molar-refractivity contribution is 5.98. The van der Waals surface area contributed by atoms with Gasteiger partial charge in [0, 0.05) is 11.5 Å². The zero-order valence-corrected chi connectivity index (χ0v) is 11.9. The van der Waals surface area contributed by atoms with E-state index < -0.39 is 0 Å². The van der Waals surface area contributed by atoms with Gasteiger partial charge in [0.1, 0.15) is 5.75 Å². The normalized spacial score (nSPS) is 24.6. The fourth-order valence-corrected chi connectivity index (χ4v) is 3.53. The highest BCUT2D eigenvalue weighted by atomic mass is 16.5. The van der Waals surface area contributed by atoms with E-state index in [9.17, 15) is 4.79 Å². The molecule has 1 aromatic rings. The van der Waals surface area contributed by atoms with Crippen molar-refractivity contribution in [2.24, 2.45) is 11.3 Å². The Balaban J connectivity index is 1.88. The van der Waals surface area contributed by atoms with Crippen LogP contribution in [0.2, 0.25) is 0 Å². The van der Waals surface area contributed by atoms with Crippen molar-refractivity contribution < 1.29 is 9.53 Å². The summed E-state index contributed by atoms with van der Waals surface area (Å²) >= 11 is 0. The third-order valence-corrected chi connectivity index (χ3v) is 4.77. The van der Waals surface area contributed by atoms with Gasteiger partial charge in [-0.1, -0.05) is 20.3 Å². The van der Waals surface area contributed by atoms with E-state index in [1.807, 2.05) is 12.1 Å². The summed E-state index contributed by atoms with van der Waals surface area (Å²) in [7, 11) is 0. The number of aryl methyl sites for hydroxylation is 1. The maximum Gasteiger partial charge on any atom is 0.166 e. The van der Waals surface area contributed by atoms with Crippen molar-refractivity contribution in [3.8, 4) is 5.75 Å². The fourth-order valence-electron chi connectivity index (χ4n) is 3.53. The van der Waals surface area contributed by atoms with E-state index in [1.54, 1.807) is 0 Å². The second kappa shape index (κ2) is 4.66. The van der Waals surface area contributed by atoms with Crippen LogP contribution < -0.4 is 4.74 Å². The van der Waals surface area contributed by atoms with E-state index in [2.05, 4.69) is 19.9 Å². The molecule has 19 heavy (non-hydrogen) atoms. The number of hydrogen-bond acceptors (Lipinski definition) is 2. The van der Waals surface area contributed by atoms with Gasteiger partial charge in [0.2, 0.25) is 0 Å². The average molecular weight is 258 g/mol. The van der Waals surface area contributed by atoms with Crippen molar-refractivity contribution in [1.82, 2.24) is 0 Å². The second-order valence-electron chi connectivity index (χ2n) is 6.57.